The molecule has 3 heteroatoms. The summed E-state index contributed by atoms with van der Waals surface area (Å²) in [5.41, 5.74) is 0. The van der Waals surface area contributed by atoms with E-state index < -0.39 is 8.07 Å². The Labute approximate surface area is 78.2 Å². The Morgan fingerprint density at radius 1 is 1.36 bits per heavy atom. The van der Waals surface area contributed by atoms with Gasteiger partial charge in [-0.2, -0.15) is 0 Å². The maximum absolute atomic E-state index is 5.82. The van der Waals surface area contributed by atoms with Crippen LogP contribution in [0.2, 0.25) is 24.0 Å². The van der Waals surface area contributed by atoms with Gasteiger partial charge in [-0.05, 0) is 18.2 Å². The summed E-state index contributed by atoms with van der Waals surface area (Å²) in [5.74, 6) is 0. The number of halogens is 1. The van der Waals surface area contributed by atoms with Gasteiger partial charge in [-0.15, -0.1) is 11.3 Å². The van der Waals surface area contributed by atoms with Gasteiger partial charge >= 0.3 is 0 Å². The van der Waals surface area contributed by atoms with Crippen LogP contribution in [0, 0.1) is 0 Å². The normalized spacial score (nSPS) is 12.0. The predicted molar refractivity (Wildman–Crippen MR) is 56.4 cm³/mol. The van der Waals surface area contributed by atoms with E-state index in [0.29, 0.717) is 0 Å². The lowest BCUT2D eigenvalue weighted by atomic mass is 10.5. The first kappa shape index (κ1) is 9.30. The Kier molecular flexibility index (Phi) is 2.78. The van der Waals surface area contributed by atoms with E-state index in [1.807, 2.05) is 6.07 Å². The molecule has 0 aromatic carbocycles. The zero-order valence-electron chi connectivity index (χ0n) is 7.15. The standard InChI is InChI=1S/C8H13ClSSi/c1-11(2,3)6-7-4-5-8(9)10-7/h4-5H,6H2,1-3H3. The predicted octanol–water partition coefficient (Wildman–Crippen LogP) is 3.82. The summed E-state index contributed by atoms with van der Waals surface area (Å²) in [5, 5.41) is 0. The highest BCUT2D eigenvalue weighted by Crippen LogP contribution is 2.24. The highest BCUT2D eigenvalue weighted by molar-refractivity contribution is 7.16. The summed E-state index contributed by atoms with van der Waals surface area (Å²) in [4.78, 5) is 1.44. The molecule has 0 saturated carbocycles. The number of hydrogen-bond donors (Lipinski definition) is 0. The van der Waals surface area contributed by atoms with Crippen LogP contribution in [0.4, 0.5) is 0 Å². The van der Waals surface area contributed by atoms with E-state index in [2.05, 4.69) is 25.7 Å². The second-order valence-electron chi connectivity index (χ2n) is 3.94. The van der Waals surface area contributed by atoms with Crippen molar-refractivity contribution in [2.75, 3.05) is 0 Å². The second kappa shape index (κ2) is 3.29. The van der Waals surface area contributed by atoms with Crippen molar-refractivity contribution in [3.63, 3.8) is 0 Å². The molecule has 0 saturated heterocycles. The van der Waals surface area contributed by atoms with Gasteiger partial charge in [0.1, 0.15) is 0 Å². The SMILES string of the molecule is C[Si](C)(C)Cc1ccc(Cl)s1. The van der Waals surface area contributed by atoms with Crippen molar-refractivity contribution in [1.82, 2.24) is 0 Å². The van der Waals surface area contributed by atoms with Crippen LogP contribution in [0.5, 0.6) is 0 Å². The van der Waals surface area contributed by atoms with Crippen LogP contribution in [0.3, 0.4) is 0 Å². The van der Waals surface area contributed by atoms with Crippen molar-refractivity contribution < 1.29 is 0 Å². The molecule has 0 N–H and O–H groups in total. The maximum Gasteiger partial charge on any atom is 0.0931 e. The highest BCUT2D eigenvalue weighted by atomic mass is 35.5. The summed E-state index contributed by atoms with van der Waals surface area (Å²) in [6, 6.07) is 5.39. The van der Waals surface area contributed by atoms with E-state index in [9.17, 15) is 0 Å². The topological polar surface area (TPSA) is 0 Å². The van der Waals surface area contributed by atoms with Gasteiger partial charge in [0.15, 0.2) is 0 Å². The van der Waals surface area contributed by atoms with Gasteiger partial charge in [0.2, 0.25) is 0 Å². The van der Waals surface area contributed by atoms with E-state index in [1.165, 1.54) is 10.9 Å². The van der Waals surface area contributed by atoms with Gasteiger partial charge in [-0.25, -0.2) is 0 Å². The minimum absolute atomic E-state index is 0.915. The van der Waals surface area contributed by atoms with Crippen LogP contribution in [0.15, 0.2) is 12.1 Å². The Morgan fingerprint density at radius 2 is 2.00 bits per heavy atom. The van der Waals surface area contributed by atoms with Gasteiger partial charge in [-0.1, -0.05) is 31.2 Å². The monoisotopic (exact) mass is 204 g/mol. The van der Waals surface area contributed by atoms with Crippen LogP contribution in [-0.2, 0) is 6.04 Å². The van der Waals surface area contributed by atoms with Gasteiger partial charge in [0, 0.05) is 13.0 Å². The van der Waals surface area contributed by atoms with Gasteiger partial charge in [0.25, 0.3) is 0 Å². The van der Waals surface area contributed by atoms with Crippen LogP contribution in [0.25, 0.3) is 0 Å². The van der Waals surface area contributed by atoms with E-state index in [1.54, 1.807) is 11.3 Å². The van der Waals surface area contributed by atoms with Crippen LogP contribution < -0.4 is 0 Å². The fourth-order valence-electron chi connectivity index (χ4n) is 0.969. The minimum atomic E-state index is -0.933. The summed E-state index contributed by atoms with van der Waals surface area (Å²) in [6.45, 7) is 7.13. The third kappa shape index (κ3) is 3.41. The average molecular weight is 205 g/mol. The molecule has 62 valence electrons. The smallest absolute Gasteiger partial charge is 0.0931 e. The lowest BCUT2D eigenvalue weighted by Gasteiger charge is -2.13. The first-order valence-electron chi connectivity index (χ1n) is 3.72. The van der Waals surface area contributed by atoms with Gasteiger partial charge in [0.05, 0.1) is 4.34 Å². The Hall–Kier alpha value is 0.207. The molecule has 0 unspecified atom stereocenters. The highest BCUT2D eigenvalue weighted by Gasteiger charge is 2.14. The first-order valence-corrected chi connectivity index (χ1v) is 8.62. The van der Waals surface area contributed by atoms with Crippen molar-refractivity contribution in [3.05, 3.63) is 21.3 Å². The second-order valence-corrected chi connectivity index (χ2v) is 11.2. The fraction of sp³-hybridized carbons (Fsp3) is 0.500. The van der Waals surface area contributed by atoms with E-state index in [-0.39, 0.29) is 0 Å². The molecule has 0 amide bonds. The quantitative estimate of drug-likeness (QED) is 0.643. The third-order valence-corrected chi connectivity index (χ3v) is 4.26. The Bertz CT molecular complexity index is 236. The van der Waals surface area contributed by atoms with E-state index in [4.69, 9.17) is 11.6 Å². The molecule has 0 bridgehead atoms. The Balaban J connectivity index is 2.65. The van der Waals surface area contributed by atoms with E-state index in [0.717, 1.165) is 4.34 Å². The van der Waals surface area contributed by atoms with Gasteiger partial charge < -0.3 is 0 Å². The largest absolute Gasteiger partial charge is 0.129 e. The molecule has 0 spiro atoms. The molecule has 0 aliphatic carbocycles. The fourth-order valence-corrected chi connectivity index (χ4v) is 4.60. The van der Waals surface area contributed by atoms with Crippen molar-refractivity contribution in [3.8, 4) is 0 Å². The van der Waals surface area contributed by atoms with Crippen molar-refractivity contribution in [2.24, 2.45) is 0 Å². The number of rotatable bonds is 2. The van der Waals surface area contributed by atoms with Crippen LogP contribution in [-0.4, -0.2) is 8.07 Å². The molecule has 11 heavy (non-hydrogen) atoms. The molecule has 1 aromatic heterocycles. The summed E-state index contributed by atoms with van der Waals surface area (Å²) in [6.07, 6.45) is 0. The molecular weight excluding hydrogens is 192 g/mol. The third-order valence-electron chi connectivity index (χ3n) is 1.33. The molecule has 0 atom stereocenters. The number of thiophene rings is 1. The molecule has 1 aromatic rings. The summed E-state index contributed by atoms with van der Waals surface area (Å²) < 4.78 is 0.915. The van der Waals surface area contributed by atoms with E-state index >= 15 is 0 Å². The summed E-state index contributed by atoms with van der Waals surface area (Å²) >= 11 is 7.54. The van der Waals surface area contributed by atoms with Crippen molar-refractivity contribution >= 4 is 31.0 Å². The number of hydrogen-bond acceptors (Lipinski definition) is 1. The average Bonchev–Trinajstić information content (AvgIpc) is 2.10. The lowest BCUT2D eigenvalue weighted by molar-refractivity contribution is 1.38. The molecule has 0 aliphatic rings. The minimum Gasteiger partial charge on any atom is -0.129 e. The lowest BCUT2D eigenvalue weighted by Crippen LogP contribution is -2.23. The molecule has 0 fully saturated rings. The zero-order chi connectivity index (χ0) is 8.48. The molecule has 1 rings (SSSR count). The molecular formula is C8H13ClSSi. The van der Waals surface area contributed by atoms with Crippen LogP contribution in [0.1, 0.15) is 4.88 Å². The molecule has 0 aliphatic heterocycles. The first-order chi connectivity index (χ1) is 4.97. The van der Waals surface area contributed by atoms with Crippen molar-refractivity contribution in [1.29, 1.82) is 0 Å². The van der Waals surface area contributed by atoms with Crippen LogP contribution >= 0.6 is 22.9 Å². The molecule has 0 nitrogen and oxygen atoms in total. The summed E-state index contributed by atoms with van der Waals surface area (Å²) in [7, 11) is -0.933. The zero-order valence-corrected chi connectivity index (χ0v) is 9.72. The molecule has 1 heterocycles. The van der Waals surface area contributed by atoms with Crippen molar-refractivity contribution in [2.45, 2.75) is 25.7 Å². The Morgan fingerprint density at radius 3 is 2.36 bits per heavy atom. The maximum atomic E-state index is 5.82. The molecule has 0 radical (unpaired) electrons. The van der Waals surface area contributed by atoms with Gasteiger partial charge in [-0.3, -0.25) is 0 Å².